The van der Waals surface area contributed by atoms with Crippen LogP contribution < -0.4 is 0 Å². The maximum absolute atomic E-state index is 13.8. The molecule has 0 bridgehead atoms. The molecule has 6 rings (SSSR count). The fraction of sp³-hybridized carbons (Fsp3) is 0.878. The fourth-order valence-corrected chi connectivity index (χ4v) is 13.8. The molecule has 47 heavy (non-hydrogen) atoms. The zero-order valence-electron chi connectivity index (χ0n) is 31.0. The van der Waals surface area contributed by atoms with Gasteiger partial charge >= 0.3 is 11.9 Å². The number of ether oxygens (including phenoxy) is 1. The van der Waals surface area contributed by atoms with Crippen LogP contribution in [-0.2, 0) is 19.1 Å². The Labute approximate surface area is 285 Å². The topological polar surface area (TPSA) is 83.9 Å². The summed E-state index contributed by atoms with van der Waals surface area (Å²) in [5.74, 6) is 1.82. The minimum atomic E-state index is -1.13. The van der Waals surface area contributed by atoms with E-state index in [1.807, 2.05) is 0 Å². The summed E-state index contributed by atoms with van der Waals surface area (Å²) in [6.45, 7) is 24.4. The summed E-state index contributed by atoms with van der Waals surface area (Å²) >= 11 is 0. The van der Waals surface area contributed by atoms with Crippen LogP contribution >= 0.6 is 0 Å². The van der Waals surface area contributed by atoms with Gasteiger partial charge in [-0.3, -0.25) is 14.4 Å². The smallest absolute Gasteiger partial charge is 0.309 e. The van der Waals surface area contributed by atoms with Gasteiger partial charge in [0.15, 0.2) is 0 Å². The van der Waals surface area contributed by atoms with Crippen molar-refractivity contribution in [3.63, 3.8) is 0 Å². The Bertz CT molecular complexity index is 1300. The highest BCUT2D eigenvalue weighted by Crippen LogP contribution is 2.78. The van der Waals surface area contributed by atoms with Crippen LogP contribution in [0.25, 0.3) is 0 Å². The number of rotatable bonds is 7. The lowest BCUT2D eigenvalue weighted by molar-refractivity contribution is -0.250. The lowest BCUT2D eigenvalue weighted by Gasteiger charge is -2.73. The lowest BCUT2D eigenvalue weighted by Crippen LogP contribution is -2.67. The molecule has 264 valence electrons. The number of hydrogen-bond acceptors (Lipinski definition) is 4. The largest absolute Gasteiger partial charge is 0.481 e. The monoisotopic (exact) mass is 651 g/mol. The maximum Gasteiger partial charge on any atom is 0.309 e. The van der Waals surface area contributed by atoms with Crippen molar-refractivity contribution >= 4 is 17.8 Å². The number of fused-ring (bicyclic) bond motifs is 7. The molecule has 0 aromatic carbocycles. The second-order valence-corrected chi connectivity index (χ2v) is 19.5. The predicted molar refractivity (Wildman–Crippen MR) is 185 cm³/mol. The second-order valence-electron chi connectivity index (χ2n) is 19.5. The number of hydrogen-bond donors (Lipinski definition) is 1. The molecular weight excluding hydrogens is 586 g/mol. The number of esters is 1. The second kappa shape index (κ2) is 11.6. The zero-order chi connectivity index (χ0) is 34.4. The third-order valence-electron chi connectivity index (χ3n) is 16.6. The van der Waals surface area contributed by atoms with Crippen molar-refractivity contribution < 1.29 is 24.2 Å². The highest BCUT2D eigenvalue weighted by molar-refractivity contribution is 5.81. The number of amides is 1. The molecule has 6 fully saturated rings. The molecular formula is C41H65NO5. The number of aliphatic carboxylic acids is 1. The molecule has 10 atom stereocenters. The van der Waals surface area contributed by atoms with Gasteiger partial charge in [0.25, 0.3) is 0 Å². The van der Waals surface area contributed by atoms with E-state index in [1.165, 1.54) is 50.5 Å². The Morgan fingerprint density at radius 2 is 1.53 bits per heavy atom. The van der Waals surface area contributed by atoms with E-state index in [9.17, 15) is 19.5 Å². The first-order chi connectivity index (χ1) is 21.8. The first-order valence-electron chi connectivity index (χ1n) is 19.2. The highest BCUT2D eigenvalue weighted by atomic mass is 16.5. The van der Waals surface area contributed by atoms with Crippen molar-refractivity contribution in [2.45, 2.75) is 151 Å². The molecule has 1 saturated heterocycles. The van der Waals surface area contributed by atoms with Crippen LogP contribution in [0.1, 0.15) is 145 Å². The molecule has 1 heterocycles. The van der Waals surface area contributed by atoms with E-state index in [2.05, 4.69) is 53.0 Å². The molecule has 1 N–H and O–H groups in total. The maximum atomic E-state index is 13.8. The summed E-state index contributed by atoms with van der Waals surface area (Å²) in [6, 6.07) is 0. The molecule has 5 aliphatic carbocycles. The average molecular weight is 652 g/mol. The van der Waals surface area contributed by atoms with Crippen molar-refractivity contribution in [1.82, 2.24) is 4.90 Å². The number of allylic oxidation sites excluding steroid dienone is 1. The van der Waals surface area contributed by atoms with Crippen LogP contribution in [0.3, 0.4) is 0 Å². The van der Waals surface area contributed by atoms with Gasteiger partial charge in [-0.05, 0) is 149 Å². The van der Waals surface area contributed by atoms with Crippen LogP contribution in [0.4, 0.5) is 0 Å². The number of likely N-dealkylation sites (tertiary alicyclic amines) is 1. The average Bonchev–Trinajstić information content (AvgIpc) is 3.64. The summed E-state index contributed by atoms with van der Waals surface area (Å²) in [5, 5.41) is 9.58. The quantitative estimate of drug-likeness (QED) is 0.219. The van der Waals surface area contributed by atoms with Crippen LogP contribution in [0.5, 0.6) is 0 Å². The molecule has 1 aliphatic heterocycles. The number of carboxylic acid groups (broad SMARTS) is 1. The van der Waals surface area contributed by atoms with Gasteiger partial charge in [-0.15, -0.1) is 0 Å². The van der Waals surface area contributed by atoms with Gasteiger partial charge in [0, 0.05) is 24.9 Å². The van der Waals surface area contributed by atoms with Gasteiger partial charge in [-0.1, -0.05) is 46.8 Å². The Kier molecular flexibility index (Phi) is 8.64. The van der Waals surface area contributed by atoms with E-state index < -0.39 is 11.4 Å². The number of carbonyl (C=O) groups excluding carboxylic acids is 2. The molecule has 0 spiro atoms. The van der Waals surface area contributed by atoms with Gasteiger partial charge in [0.05, 0.1) is 11.8 Å². The van der Waals surface area contributed by atoms with Crippen LogP contribution in [0, 0.1) is 62.1 Å². The summed E-state index contributed by atoms with van der Waals surface area (Å²) < 4.78 is 6.17. The summed E-state index contributed by atoms with van der Waals surface area (Å²) in [7, 11) is 0. The first kappa shape index (κ1) is 35.0. The van der Waals surface area contributed by atoms with Gasteiger partial charge in [-0.2, -0.15) is 0 Å². The first-order valence-corrected chi connectivity index (χ1v) is 19.2. The number of carbonyl (C=O) groups is 3. The molecule has 0 aromatic rings. The molecule has 6 heteroatoms. The molecule has 1 amide bonds. The van der Waals surface area contributed by atoms with E-state index in [0.29, 0.717) is 35.5 Å². The highest BCUT2D eigenvalue weighted by Gasteiger charge is 2.71. The van der Waals surface area contributed by atoms with E-state index in [-0.39, 0.29) is 45.6 Å². The third-order valence-corrected chi connectivity index (χ3v) is 16.6. The minimum absolute atomic E-state index is 0.102. The van der Waals surface area contributed by atoms with Crippen molar-refractivity contribution in [1.29, 1.82) is 0 Å². The zero-order valence-corrected chi connectivity index (χ0v) is 31.0. The van der Waals surface area contributed by atoms with E-state index in [1.54, 1.807) is 13.8 Å². The van der Waals surface area contributed by atoms with Crippen LogP contribution in [0.2, 0.25) is 0 Å². The normalized spacial score (nSPS) is 44.0. The fourth-order valence-electron chi connectivity index (χ4n) is 13.8. The Morgan fingerprint density at radius 3 is 2.17 bits per heavy atom. The van der Waals surface area contributed by atoms with Gasteiger partial charge in [-0.25, -0.2) is 0 Å². The van der Waals surface area contributed by atoms with Crippen molar-refractivity contribution in [3.8, 4) is 0 Å². The molecule has 6 nitrogen and oxygen atoms in total. The standard InChI is InChI=1S/C41H65NO5/c1-26(2)27-14-19-41(24-32(43)42-22-10-11-23-42)21-20-39(8)28(34(27)41)12-13-30-38(7)17-16-31(47-33(44)25-36(3,4)35(45)46)37(5,6)29(38)15-18-40(30,39)9/h27-31,34H,1,10-25H2,2-9H3,(H,45,46)/t27-,28+,29-,30+,31-,34+,38-,39+,40+,41+/m0/s1. The van der Waals surface area contributed by atoms with Crippen LogP contribution in [-0.4, -0.2) is 47.0 Å². The summed E-state index contributed by atoms with van der Waals surface area (Å²) in [5.41, 5.74) is 0.756. The van der Waals surface area contributed by atoms with E-state index in [4.69, 9.17) is 4.74 Å². The molecule has 6 aliphatic rings. The number of nitrogens with zero attached hydrogens (tertiary/aromatic N) is 1. The Hall–Kier alpha value is -1.85. The van der Waals surface area contributed by atoms with Crippen molar-refractivity contribution in [2.75, 3.05) is 13.1 Å². The Balaban J connectivity index is 1.25. The third kappa shape index (κ3) is 5.26. The molecule has 5 saturated carbocycles. The Morgan fingerprint density at radius 1 is 0.851 bits per heavy atom. The van der Waals surface area contributed by atoms with E-state index >= 15 is 0 Å². The number of carboxylic acids is 1. The van der Waals surface area contributed by atoms with Crippen molar-refractivity contribution in [3.05, 3.63) is 12.2 Å². The van der Waals surface area contributed by atoms with Crippen molar-refractivity contribution in [2.24, 2.45) is 62.1 Å². The van der Waals surface area contributed by atoms with Gasteiger partial charge < -0.3 is 14.7 Å². The SMILES string of the molecule is C=C(C)[C@@H]1CC[C@]2(CC(=O)N3CCCC3)CC[C@]3(C)[C@H](CC[C@@H]4[C@@]5(C)CC[C@H](OC(=O)CC(C)(C)C(=O)O)C(C)(C)[C@@H]5CC[C@]43C)[C@@H]12. The molecule has 0 aromatic heterocycles. The van der Waals surface area contributed by atoms with Gasteiger partial charge in [0.1, 0.15) is 6.10 Å². The summed E-state index contributed by atoms with van der Waals surface area (Å²) in [4.78, 5) is 40.7. The van der Waals surface area contributed by atoms with Crippen LogP contribution in [0.15, 0.2) is 12.2 Å². The molecule has 0 radical (unpaired) electrons. The minimum Gasteiger partial charge on any atom is -0.481 e. The van der Waals surface area contributed by atoms with Gasteiger partial charge in [0.2, 0.25) is 5.91 Å². The van der Waals surface area contributed by atoms with E-state index in [0.717, 1.165) is 51.6 Å². The predicted octanol–water partition coefficient (Wildman–Crippen LogP) is 9.07. The summed E-state index contributed by atoms with van der Waals surface area (Å²) in [6.07, 6.45) is 14.2. The molecule has 0 unspecified atom stereocenters. The lowest BCUT2D eigenvalue weighted by atomic mass is 9.32.